The van der Waals surface area contributed by atoms with Crippen LogP contribution in [0.2, 0.25) is 0 Å². The average molecular weight is 1060 g/mol. The van der Waals surface area contributed by atoms with Gasteiger partial charge in [0.25, 0.3) is 0 Å². The molecule has 0 radical (unpaired) electrons. The molecule has 6 nitrogen and oxygen atoms in total. The number of rotatable bonds is 63. The standard InChI is InChI=1S/C69H130O6/c1-4-7-10-13-16-19-22-25-28-30-31-32-33-34-35-36-37-38-39-40-42-44-47-50-53-56-59-62-68(71)74-65-66(64-73-67(70)61-58-55-52-49-46-43-27-24-21-18-15-12-9-6-3)75-69(72)63-60-57-54-51-48-45-41-29-26-23-20-17-14-11-8-5-2/h15,18,24,27,66H,4-14,16-17,19-23,25-26,28-65H2,1-3H3/b18-15-,27-24-. The molecular formula is C69H130O6. The van der Waals surface area contributed by atoms with Crippen LogP contribution in [0.3, 0.4) is 0 Å². The molecule has 1 unspecified atom stereocenters. The van der Waals surface area contributed by atoms with Crippen molar-refractivity contribution in [3.05, 3.63) is 24.3 Å². The topological polar surface area (TPSA) is 78.9 Å². The van der Waals surface area contributed by atoms with E-state index in [0.29, 0.717) is 19.3 Å². The Kier molecular flexibility index (Phi) is 62.6. The lowest BCUT2D eigenvalue weighted by atomic mass is 10.0. The molecule has 0 aliphatic carbocycles. The molecule has 0 heterocycles. The van der Waals surface area contributed by atoms with Gasteiger partial charge in [0.2, 0.25) is 0 Å². The van der Waals surface area contributed by atoms with Crippen molar-refractivity contribution < 1.29 is 28.6 Å². The van der Waals surface area contributed by atoms with E-state index in [-0.39, 0.29) is 31.1 Å². The fourth-order valence-corrected chi connectivity index (χ4v) is 10.3. The quantitative estimate of drug-likeness (QED) is 0.0261. The van der Waals surface area contributed by atoms with E-state index in [2.05, 4.69) is 45.1 Å². The summed E-state index contributed by atoms with van der Waals surface area (Å²) in [6.07, 6.45) is 77.8. The van der Waals surface area contributed by atoms with Gasteiger partial charge >= 0.3 is 17.9 Å². The summed E-state index contributed by atoms with van der Waals surface area (Å²) in [5.74, 6) is -0.855. The second kappa shape index (κ2) is 64.4. The maximum Gasteiger partial charge on any atom is 0.306 e. The van der Waals surface area contributed by atoms with Gasteiger partial charge in [-0.25, -0.2) is 0 Å². The van der Waals surface area contributed by atoms with Crippen LogP contribution < -0.4 is 0 Å². The maximum atomic E-state index is 12.9. The van der Waals surface area contributed by atoms with Crippen LogP contribution in [0.4, 0.5) is 0 Å². The smallest absolute Gasteiger partial charge is 0.306 e. The van der Waals surface area contributed by atoms with Crippen molar-refractivity contribution in [1.29, 1.82) is 0 Å². The predicted molar refractivity (Wildman–Crippen MR) is 326 cm³/mol. The minimum Gasteiger partial charge on any atom is -0.462 e. The van der Waals surface area contributed by atoms with E-state index < -0.39 is 6.10 Å². The molecule has 0 amide bonds. The number of hydrogen-bond acceptors (Lipinski definition) is 6. The Hall–Kier alpha value is -2.11. The van der Waals surface area contributed by atoms with Gasteiger partial charge in [0, 0.05) is 19.3 Å². The molecular weight excluding hydrogens is 925 g/mol. The first kappa shape index (κ1) is 72.9. The Bertz CT molecular complexity index is 1210. The van der Waals surface area contributed by atoms with Crippen molar-refractivity contribution in [2.24, 2.45) is 0 Å². The zero-order valence-corrected chi connectivity index (χ0v) is 50.8. The van der Waals surface area contributed by atoms with Gasteiger partial charge in [-0.05, 0) is 44.9 Å². The first-order chi connectivity index (χ1) is 37.0. The van der Waals surface area contributed by atoms with Gasteiger partial charge in [0.1, 0.15) is 13.2 Å². The third kappa shape index (κ3) is 62.6. The van der Waals surface area contributed by atoms with Crippen LogP contribution in [0.15, 0.2) is 24.3 Å². The highest BCUT2D eigenvalue weighted by molar-refractivity contribution is 5.71. The molecule has 1 atom stereocenters. The minimum absolute atomic E-state index is 0.0695. The van der Waals surface area contributed by atoms with E-state index in [0.717, 1.165) is 77.0 Å². The van der Waals surface area contributed by atoms with E-state index in [1.165, 1.54) is 263 Å². The molecule has 0 saturated carbocycles. The summed E-state index contributed by atoms with van der Waals surface area (Å²) in [7, 11) is 0. The fourth-order valence-electron chi connectivity index (χ4n) is 10.3. The van der Waals surface area contributed by atoms with Crippen LogP contribution in [0, 0.1) is 0 Å². The Labute approximate surface area is 468 Å². The molecule has 0 N–H and O–H groups in total. The molecule has 75 heavy (non-hydrogen) atoms. The molecule has 0 aromatic carbocycles. The van der Waals surface area contributed by atoms with Gasteiger partial charge in [-0.3, -0.25) is 14.4 Å². The highest BCUT2D eigenvalue weighted by Crippen LogP contribution is 2.19. The Morgan fingerprint density at radius 1 is 0.267 bits per heavy atom. The molecule has 0 saturated heterocycles. The largest absolute Gasteiger partial charge is 0.462 e. The van der Waals surface area contributed by atoms with E-state index >= 15 is 0 Å². The molecule has 0 aromatic heterocycles. The molecule has 0 aromatic rings. The SMILES string of the molecule is CCCC/C=C\C/C=C\CCCCCCCC(=O)OCC(COC(=O)CCCCCCCCCCCCCCCCCCCCCCCCCCCCC)OC(=O)CCCCCCCCCCCCCCCCCC. The third-order valence-corrected chi connectivity index (χ3v) is 15.5. The van der Waals surface area contributed by atoms with Crippen molar-refractivity contribution in [3.63, 3.8) is 0 Å². The number of unbranched alkanes of at least 4 members (excludes halogenated alkanes) is 48. The number of ether oxygens (including phenoxy) is 3. The fraction of sp³-hybridized carbons (Fsp3) is 0.899. The van der Waals surface area contributed by atoms with Crippen LogP contribution in [0.1, 0.15) is 380 Å². The maximum absolute atomic E-state index is 12.9. The molecule has 0 rings (SSSR count). The van der Waals surface area contributed by atoms with Crippen molar-refractivity contribution in [3.8, 4) is 0 Å². The third-order valence-electron chi connectivity index (χ3n) is 15.5. The molecule has 0 fully saturated rings. The van der Waals surface area contributed by atoms with Crippen LogP contribution >= 0.6 is 0 Å². The molecule has 0 spiro atoms. The van der Waals surface area contributed by atoms with Crippen LogP contribution in [-0.2, 0) is 28.6 Å². The van der Waals surface area contributed by atoms with Gasteiger partial charge in [-0.2, -0.15) is 0 Å². The van der Waals surface area contributed by atoms with Gasteiger partial charge < -0.3 is 14.2 Å². The molecule has 0 aliphatic heterocycles. The molecule has 6 heteroatoms. The van der Waals surface area contributed by atoms with Gasteiger partial charge in [-0.1, -0.05) is 340 Å². The number of carbonyl (C=O) groups excluding carboxylic acids is 3. The zero-order chi connectivity index (χ0) is 54.3. The lowest BCUT2D eigenvalue weighted by Gasteiger charge is -2.18. The number of carbonyl (C=O) groups is 3. The normalized spacial score (nSPS) is 12.1. The Morgan fingerprint density at radius 3 is 0.773 bits per heavy atom. The number of allylic oxidation sites excluding steroid dienone is 4. The van der Waals surface area contributed by atoms with Gasteiger partial charge in [0.15, 0.2) is 6.10 Å². The van der Waals surface area contributed by atoms with E-state index in [9.17, 15) is 14.4 Å². The van der Waals surface area contributed by atoms with Crippen molar-refractivity contribution in [2.45, 2.75) is 386 Å². The molecule has 0 aliphatic rings. The summed E-state index contributed by atoms with van der Waals surface area (Å²) in [6.45, 7) is 6.66. The first-order valence-electron chi connectivity index (χ1n) is 33.8. The van der Waals surface area contributed by atoms with E-state index in [1.807, 2.05) is 0 Å². The monoisotopic (exact) mass is 1050 g/mol. The summed E-state index contributed by atoms with van der Waals surface area (Å²) in [6, 6.07) is 0. The summed E-state index contributed by atoms with van der Waals surface area (Å²) < 4.78 is 16.9. The zero-order valence-electron chi connectivity index (χ0n) is 50.8. The van der Waals surface area contributed by atoms with Gasteiger partial charge in [-0.15, -0.1) is 0 Å². The van der Waals surface area contributed by atoms with Crippen LogP contribution in [0.5, 0.6) is 0 Å². The highest BCUT2D eigenvalue weighted by Gasteiger charge is 2.19. The lowest BCUT2D eigenvalue weighted by molar-refractivity contribution is -0.167. The summed E-state index contributed by atoms with van der Waals surface area (Å²) in [5.41, 5.74) is 0. The second-order valence-corrected chi connectivity index (χ2v) is 23.1. The molecule has 442 valence electrons. The Morgan fingerprint density at radius 2 is 0.493 bits per heavy atom. The van der Waals surface area contributed by atoms with Gasteiger partial charge in [0.05, 0.1) is 0 Å². The first-order valence-corrected chi connectivity index (χ1v) is 33.8. The minimum atomic E-state index is -0.773. The van der Waals surface area contributed by atoms with Crippen molar-refractivity contribution in [2.75, 3.05) is 13.2 Å². The number of hydrogen-bond donors (Lipinski definition) is 0. The lowest BCUT2D eigenvalue weighted by Crippen LogP contribution is -2.30. The summed E-state index contributed by atoms with van der Waals surface area (Å²) in [4.78, 5) is 38.3. The average Bonchev–Trinajstić information content (AvgIpc) is 3.41. The predicted octanol–water partition coefficient (Wildman–Crippen LogP) is 23.0. The number of esters is 3. The summed E-state index contributed by atoms with van der Waals surface area (Å²) >= 11 is 0. The second-order valence-electron chi connectivity index (χ2n) is 23.1. The Balaban J connectivity index is 4.19. The summed E-state index contributed by atoms with van der Waals surface area (Å²) in [5, 5.41) is 0. The van der Waals surface area contributed by atoms with Crippen LogP contribution in [-0.4, -0.2) is 37.2 Å². The highest BCUT2D eigenvalue weighted by atomic mass is 16.6. The van der Waals surface area contributed by atoms with E-state index in [1.54, 1.807) is 0 Å². The molecule has 0 bridgehead atoms. The van der Waals surface area contributed by atoms with Crippen molar-refractivity contribution >= 4 is 17.9 Å². The van der Waals surface area contributed by atoms with E-state index in [4.69, 9.17) is 14.2 Å². The van der Waals surface area contributed by atoms with Crippen LogP contribution in [0.25, 0.3) is 0 Å². The van der Waals surface area contributed by atoms with Crippen molar-refractivity contribution in [1.82, 2.24) is 0 Å².